The summed E-state index contributed by atoms with van der Waals surface area (Å²) in [6.45, 7) is 5.74. The predicted octanol–water partition coefficient (Wildman–Crippen LogP) is 2.02. The number of rotatable bonds is 2. The van der Waals surface area contributed by atoms with E-state index in [-0.39, 0.29) is 0 Å². The molecule has 1 saturated heterocycles. The summed E-state index contributed by atoms with van der Waals surface area (Å²) in [6, 6.07) is 8.02. The molecule has 24 heavy (non-hydrogen) atoms. The number of nitrogens with zero attached hydrogens (tertiary/aromatic N) is 3. The lowest BCUT2D eigenvalue weighted by Crippen LogP contribution is -2.45. The molecule has 126 valence electrons. The molecule has 0 amide bonds. The zero-order valence-electron chi connectivity index (χ0n) is 13.9. The first kappa shape index (κ1) is 15.4. The summed E-state index contributed by atoms with van der Waals surface area (Å²) in [5.41, 5.74) is 9.74. The first-order valence-electron chi connectivity index (χ1n) is 8.40. The number of ether oxygens (including phenoxy) is 2. The van der Waals surface area contributed by atoms with Crippen LogP contribution in [0.5, 0.6) is 0 Å². The van der Waals surface area contributed by atoms with Gasteiger partial charge in [-0.15, -0.1) is 0 Å². The van der Waals surface area contributed by atoms with E-state index in [9.17, 15) is 0 Å². The Bertz CT molecular complexity index is 733. The molecule has 2 aliphatic rings. The van der Waals surface area contributed by atoms with Gasteiger partial charge in [0.05, 0.1) is 38.2 Å². The first-order chi connectivity index (χ1) is 11.7. The van der Waals surface area contributed by atoms with Gasteiger partial charge >= 0.3 is 0 Å². The monoisotopic (exact) mass is 326 g/mol. The molecule has 3 heterocycles. The molecule has 0 unspecified atom stereocenters. The van der Waals surface area contributed by atoms with Crippen LogP contribution in [0.2, 0.25) is 0 Å². The zero-order chi connectivity index (χ0) is 16.5. The normalized spacial score (nSPS) is 20.7. The minimum atomic E-state index is 0.291. The fourth-order valence-corrected chi connectivity index (χ4v) is 3.26. The van der Waals surface area contributed by atoms with E-state index in [2.05, 4.69) is 11.8 Å². The van der Waals surface area contributed by atoms with Gasteiger partial charge in [-0.05, 0) is 31.2 Å². The van der Waals surface area contributed by atoms with Crippen molar-refractivity contribution in [1.82, 2.24) is 9.97 Å². The average molecular weight is 326 g/mol. The molecule has 6 nitrogen and oxygen atoms in total. The molecule has 1 atom stereocenters. The number of nitrogen functional groups attached to an aromatic ring is 1. The second-order valence-electron chi connectivity index (χ2n) is 6.34. The van der Waals surface area contributed by atoms with Crippen molar-refractivity contribution in [2.45, 2.75) is 26.0 Å². The number of nitrogens with two attached hydrogens (primary N) is 1. The Morgan fingerprint density at radius 2 is 1.96 bits per heavy atom. The third-order valence-corrected chi connectivity index (χ3v) is 4.61. The summed E-state index contributed by atoms with van der Waals surface area (Å²) in [5, 5.41) is 0. The summed E-state index contributed by atoms with van der Waals surface area (Å²) in [6.07, 6.45) is 0.825. The molecular formula is C18H22N4O2. The predicted molar refractivity (Wildman–Crippen MR) is 92.9 cm³/mol. The number of benzene rings is 1. The van der Waals surface area contributed by atoms with Crippen LogP contribution in [-0.2, 0) is 22.5 Å². The van der Waals surface area contributed by atoms with Crippen LogP contribution in [0, 0.1) is 0 Å². The number of fused-ring (bicyclic) bond motifs is 1. The highest BCUT2D eigenvalue weighted by Gasteiger charge is 2.27. The first-order valence-corrected chi connectivity index (χ1v) is 8.40. The van der Waals surface area contributed by atoms with E-state index in [1.54, 1.807) is 0 Å². The molecule has 0 spiro atoms. The number of anilines is 2. The van der Waals surface area contributed by atoms with Crippen LogP contribution < -0.4 is 10.6 Å². The maximum Gasteiger partial charge on any atom is 0.161 e. The van der Waals surface area contributed by atoms with E-state index >= 15 is 0 Å². The molecule has 6 heteroatoms. The van der Waals surface area contributed by atoms with Gasteiger partial charge in [0.1, 0.15) is 5.82 Å². The molecule has 0 radical (unpaired) electrons. The second-order valence-corrected chi connectivity index (χ2v) is 6.34. The highest BCUT2D eigenvalue weighted by molar-refractivity contribution is 5.63. The van der Waals surface area contributed by atoms with Crippen molar-refractivity contribution in [3.05, 3.63) is 35.5 Å². The second kappa shape index (κ2) is 6.37. The SMILES string of the molecule is C[C@H]1COCCN1c1nc(-c2ccc(N)cc2)nc2c1COCC2. The highest BCUT2D eigenvalue weighted by atomic mass is 16.5. The summed E-state index contributed by atoms with van der Waals surface area (Å²) >= 11 is 0. The Morgan fingerprint density at radius 1 is 1.12 bits per heavy atom. The van der Waals surface area contributed by atoms with Gasteiger partial charge in [-0.1, -0.05) is 0 Å². The van der Waals surface area contributed by atoms with Crippen molar-refractivity contribution in [1.29, 1.82) is 0 Å². The van der Waals surface area contributed by atoms with Gasteiger partial charge in [-0.25, -0.2) is 9.97 Å². The fourth-order valence-electron chi connectivity index (χ4n) is 3.26. The maximum atomic E-state index is 5.80. The molecule has 4 rings (SSSR count). The van der Waals surface area contributed by atoms with Gasteiger partial charge in [-0.2, -0.15) is 0 Å². The molecule has 1 aromatic carbocycles. The Hall–Kier alpha value is -2.18. The lowest BCUT2D eigenvalue weighted by Gasteiger charge is -2.36. The van der Waals surface area contributed by atoms with E-state index in [0.717, 1.165) is 60.3 Å². The number of morpholine rings is 1. The van der Waals surface area contributed by atoms with Gasteiger partial charge in [0, 0.05) is 29.8 Å². The molecule has 1 aromatic heterocycles. The lowest BCUT2D eigenvalue weighted by molar-refractivity contribution is 0.0952. The van der Waals surface area contributed by atoms with Crippen molar-refractivity contribution >= 4 is 11.5 Å². The summed E-state index contributed by atoms with van der Waals surface area (Å²) in [5.74, 6) is 1.74. The molecule has 0 saturated carbocycles. The number of hydrogen-bond acceptors (Lipinski definition) is 6. The standard InChI is InChI=1S/C18H22N4O2/c1-12-10-24-9-7-22(12)18-15-11-23-8-6-16(15)20-17(21-18)13-2-4-14(19)5-3-13/h2-5,12H,6-11,19H2,1H3/t12-/m0/s1. The van der Waals surface area contributed by atoms with E-state index < -0.39 is 0 Å². The minimum Gasteiger partial charge on any atom is -0.399 e. The minimum absolute atomic E-state index is 0.291. The molecule has 0 aliphatic carbocycles. The van der Waals surface area contributed by atoms with Crippen LogP contribution in [0.4, 0.5) is 11.5 Å². The van der Waals surface area contributed by atoms with Gasteiger partial charge in [0.25, 0.3) is 0 Å². The van der Waals surface area contributed by atoms with Crippen LogP contribution >= 0.6 is 0 Å². The van der Waals surface area contributed by atoms with Crippen LogP contribution in [0.15, 0.2) is 24.3 Å². The van der Waals surface area contributed by atoms with E-state index in [0.29, 0.717) is 19.3 Å². The molecule has 2 aliphatic heterocycles. The van der Waals surface area contributed by atoms with E-state index in [4.69, 9.17) is 25.2 Å². The number of hydrogen-bond donors (Lipinski definition) is 1. The quantitative estimate of drug-likeness (QED) is 0.851. The Balaban J connectivity index is 1.81. The average Bonchev–Trinajstić information content (AvgIpc) is 2.62. The number of aromatic nitrogens is 2. The smallest absolute Gasteiger partial charge is 0.161 e. The van der Waals surface area contributed by atoms with Crippen LogP contribution in [-0.4, -0.2) is 42.4 Å². The van der Waals surface area contributed by atoms with Crippen molar-refractivity contribution in [3.63, 3.8) is 0 Å². The maximum absolute atomic E-state index is 5.80. The van der Waals surface area contributed by atoms with Crippen LogP contribution in [0.1, 0.15) is 18.2 Å². The summed E-state index contributed by atoms with van der Waals surface area (Å²) in [7, 11) is 0. The van der Waals surface area contributed by atoms with Crippen molar-refractivity contribution in [2.75, 3.05) is 37.0 Å². The molecule has 2 aromatic rings. The molecule has 0 bridgehead atoms. The van der Waals surface area contributed by atoms with Crippen LogP contribution in [0.25, 0.3) is 11.4 Å². The lowest BCUT2D eigenvalue weighted by atomic mass is 10.1. The fraction of sp³-hybridized carbons (Fsp3) is 0.444. The molecular weight excluding hydrogens is 304 g/mol. The molecule has 2 N–H and O–H groups in total. The van der Waals surface area contributed by atoms with Gasteiger partial charge in [-0.3, -0.25) is 0 Å². The van der Waals surface area contributed by atoms with Crippen molar-refractivity contribution in [3.8, 4) is 11.4 Å². The largest absolute Gasteiger partial charge is 0.399 e. The Labute approximate surface area is 141 Å². The van der Waals surface area contributed by atoms with Gasteiger partial charge in [0.2, 0.25) is 0 Å². The topological polar surface area (TPSA) is 73.5 Å². The Kier molecular flexibility index (Phi) is 4.08. The van der Waals surface area contributed by atoms with Gasteiger partial charge in [0.15, 0.2) is 5.82 Å². The summed E-state index contributed by atoms with van der Waals surface area (Å²) in [4.78, 5) is 12.0. The van der Waals surface area contributed by atoms with Crippen molar-refractivity contribution < 1.29 is 9.47 Å². The summed E-state index contributed by atoms with van der Waals surface area (Å²) < 4.78 is 11.2. The zero-order valence-corrected chi connectivity index (χ0v) is 13.9. The van der Waals surface area contributed by atoms with Crippen LogP contribution in [0.3, 0.4) is 0 Å². The highest BCUT2D eigenvalue weighted by Crippen LogP contribution is 2.30. The van der Waals surface area contributed by atoms with Crippen molar-refractivity contribution in [2.24, 2.45) is 0 Å². The van der Waals surface area contributed by atoms with Gasteiger partial charge < -0.3 is 20.1 Å². The third kappa shape index (κ3) is 2.83. The van der Waals surface area contributed by atoms with E-state index in [1.807, 2.05) is 24.3 Å². The third-order valence-electron chi connectivity index (χ3n) is 4.61. The van der Waals surface area contributed by atoms with E-state index in [1.165, 1.54) is 0 Å². The molecule has 1 fully saturated rings. The Morgan fingerprint density at radius 3 is 2.75 bits per heavy atom.